The standard InChI is InChI=1S/C11H14N2O4/c1-7-3-4-9(5-10(7)13(16)17)11(15)12-8(2)6-14/h3-5,8,14H,6H2,1-2H3,(H,12,15). The number of aliphatic hydroxyl groups is 1. The molecule has 0 bridgehead atoms. The number of amides is 1. The van der Waals surface area contributed by atoms with E-state index in [0.717, 1.165) is 0 Å². The highest BCUT2D eigenvalue weighted by molar-refractivity contribution is 5.95. The van der Waals surface area contributed by atoms with Crippen LogP contribution in [-0.2, 0) is 0 Å². The molecule has 1 rings (SSSR count). The number of benzene rings is 1. The summed E-state index contributed by atoms with van der Waals surface area (Å²) in [4.78, 5) is 21.8. The zero-order chi connectivity index (χ0) is 13.0. The number of nitro groups is 1. The molecule has 0 saturated heterocycles. The van der Waals surface area contributed by atoms with Crippen LogP contribution in [0.2, 0.25) is 0 Å². The molecule has 2 N–H and O–H groups in total. The van der Waals surface area contributed by atoms with Crippen molar-refractivity contribution >= 4 is 11.6 Å². The van der Waals surface area contributed by atoms with Crippen molar-refractivity contribution in [1.29, 1.82) is 0 Å². The van der Waals surface area contributed by atoms with Gasteiger partial charge in [0, 0.05) is 23.2 Å². The van der Waals surface area contributed by atoms with Gasteiger partial charge in [0.1, 0.15) is 0 Å². The van der Waals surface area contributed by atoms with E-state index in [0.29, 0.717) is 5.56 Å². The average molecular weight is 238 g/mol. The molecule has 6 nitrogen and oxygen atoms in total. The Labute approximate surface area is 98.4 Å². The Hall–Kier alpha value is -1.95. The molecular formula is C11H14N2O4. The van der Waals surface area contributed by atoms with Crippen LogP contribution < -0.4 is 5.32 Å². The van der Waals surface area contributed by atoms with Gasteiger partial charge in [-0.1, -0.05) is 6.07 Å². The molecule has 0 aliphatic carbocycles. The highest BCUT2D eigenvalue weighted by Gasteiger charge is 2.15. The third-order valence-corrected chi connectivity index (χ3v) is 2.32. The molecular weight excluding hydrogens is 224 g/mol. The van der Waals surface area contributed by atoms with Crippen molar-refractivity contribution in [3.63, 3.8) is 0 Å². The van der Waals surface area contributed by atoms with E-state index in [4.69, 9.17) is 5.11 Å². The molecule has 0 aliphatic heterocycles. The summed E-state index contributed by atoms with van der Waals surface area (Å²) in [6, 6.07) is 3.88. The van der Waals surface area contributed by atoms with E-state index < -0.39 is 10.8 Å². The normalized spacial score (nSPS) is 11.9. The van der Waals surface area contributed by atoms with E-state index >= 15 is 0 Å². The van der Waals surface area contributed by atoms with Crippen LogP contribution in [0.1, 0.15) is 22.8 Å². The Morgan fingerprint density at radius 1 is 1.59 bits per heavy atom. The van der Waals surface area contributed by atoms with E-state index in [9.17, 15) is 14.9 Å². The Balaban J connectivity index is 2.96. The first kappa shape index (κ1) is 13.1. The quantitative estimate of drug-likeness (QED) is 0.605. The number of aryl methyl sites for hydroxylation is 1. The van der Waals surface area contributed by atoms with Crippen LogP contribution in [0.25, 0.3) is 0 Å². The summed E-state index contributed by atoms with van der Waals surface area (Å²) in [5.41, 5.74) is 0.624. The van der Waals surface area contributed by atoms with Crippen LogP contribution in [0, 0.1) is 17.0 Å². The van der Waals surface area contributed by atoms with Gasteiger partial charge in [-0.25, -0.2) is 0 Å². The summed E-state index contributed by atoms with van der Waals surface area (Å²) >= 11 is 0. The van der Waals surface area contributed by atoms with Gasteiger partial charge in [0.05, 0.1) is 11.5 Å². The number of nitrogens with one attached hydrogen (secondary N) is 1. The van der Waals surface area contributed by atoms with Crippen LogP contribution in [0.15, 0.2) is 18.2 Å². The number of nitrogens with zero attached hydrogens (tertiary/aromatic N) is 1. The van der Waals surface area contributed by atoms with Gasteiger partial charge < -0.3 is 10.4 Å². The second-order valence-electron chi connectivity index (χ2n) is 3.82. The molecule has 1 atom stereocenters. The van der Waals surface area contributed by atoms with Gasteiger partial charge in [-0.15, -0.1) is 0 Å². The lowest BCUT2D eigenvalue weighted by Crippen LogP contribution is -2.35. The van der Waals surface area contributed by atoms with Gasteiger partial charge in [-0.2, -0.15) is 0 Å². The zero-order valence-corrected chi connectivity index (χ0v) is 9.64. The van der Waals surface area contributed by atoms with E-state index in [1.54, 1.807) is 13.8 Å². The van der Waals surface area contributed by atoms with Crippen LogP contribution in [0.4, 0.5) is 5.69 Å². The first-order chi connectivity index (χ1) is 7.95. The Morgan fingerprint density at radius 3 is 2.76 bits per heavy atom. The molecule has 0 saturated carbocycles. The van der Waals surface area contributed by atoms with Crippen molar-refractivity contribution in [3.8, 4) is 0 Å². The van der Waals surface area contributed by atoms with E-state index in [-0.39, 0.29) is 23.9 Å². The molecule has 0 heterocycles. The lowest BCUT2D eigenvalue weighted by atomic mass is 10.1. The number of hydrogen-bond acceptors (Lipinski definition) is 4. The van der Waals surface area contributed by atoms with Crippen molar-refractivity contribution in [2.45, 2.75) is 19.9 Å². The van der Waals surface area contributed by atoms with Crippen LogP contribution >= 0.6 is 0 Å². The highest BCUT2D eigenvalue weighted by atomic mass is 16.6. The number of nitro benzene ring substituents is 1. The Kier molecular flexibility index (Phi) is 4.17. The van der Waals surface area contributed by atoms with Gasteiger partial charge in [-0.3, -0.25) is 14.9 Å². The first-order valence-corrected chi connectivity index (χ1v) is 5.12. The summed E-state index contributed by atoms with van der Waals surface area (Å²) < 4.78 is 0. The van der Waals surface area contributed by atoms with Gasteiger partial charge in [0.15, 0.2) is 0 Å². The van der Waals surface area contributed by atoms with Crippen LogP contribution in [0.3, 0.4) is 0 Å². The van der Waals surface area contributed by atoms with Crippen LogP contribution in [0.5, 0.6) is 0 Å². The third-order valence-electron chi connectivity index (χ3n) is 2.32. The number of carbonyl (C=O) groups excluding carboxylic acids is 1. The molecule has 92 valence electrons. The maximum atomic E-state index is 11.7. The first-order valence-electron chi connectivity index (χ1n) is 5.12. The van der Waals surface area contributed by atoms with Crippen LogP contribution in [-0.4, -0.2) is 28.6 Å². The fraction of sp³-hybridized carbons (Fsp3) is 0.364. The number of hydrogen-bond donors (Lipinski definition) is 2. The summed E-state index contributed by atoms with van der Waals surface area (Å²) in [7, 11) is 0. The predicted molar refractivity (Wildman–Crippen MR) is 61.8 cm³/mol. The Bertz CT molecular complexity index is 445. The van der Waals surface area contributed by atoms with E-state index in [1.165, 1.54) is 18.2 Å². The molecule has 1 aromatic rings. The fourth-order valence-corrected chi connectivity index (χ4v) is 1.30. The van der Waals surface area contributed by atoms with E-state index in [1.807, 2.05) is 0 Å². The van der Waals surface area contributed by atoms with Crippen molar-refractivity contribution < 1.29 is 14.8 Å². The molecule has 17 heavy (non-hydrogen) atoms. The smallest absolute Gasteiger partial charge is 0.273 e. The van der Waals surface area contributed by atoms with Crippen molar-refractivity contribution in [2.24, 2.45) is 0 Å². The van der Waals surface area contributed by atoms with E-state index in [2.05, 4.69) is 5.32 Å². The number of rotatable bonds is 4. The molecule has 0 aromatic heterocycles. The molecule has 1 unspecified atom stereocenters. The summed E-state index contributed by atoms with van der Waals surface area (Å²) in [5, 5.41) is 22.0. The third kappa shape index (κ3) is 3.25. The molecule has 1 aromatic carbocycles. The lowest BCUT2D eigenvalue weighted by Gasteiger charge is -2.10. The maximum absolute atomic E-state index is 11.7. The topological polar surface area (TPSA) is 92.5 Å². The molecule has 1 amide bonds. The minimum absolute atomic E-state index is 0.0886. The van der Waals surface area contributed by atoms with Gasteiger partial charge >= 0.3 is 0 Å². The molecule has 0 fully saturated rings. The van der Waals surface area contributed by atoms with Gasteiger partial charge in [0.25, 0.3) is 11.6 Å². The largest absolute Gasteiger partial charge is 0.394 e. The summed E-state index contributed by atoms with van der Waals surface area (Å²) in [6.07, 6.45) is 0. The minimum Gasteiger partial charge on any atom is -0.394 e. The summed E-state index contributed by atoms with van der Waals surface area (Å²) in [6.45, 7) is 3.07. The lowest BCUT2D eigenvalue weighted by molar-refractivity contribution is -0.385. The van der Waals surface area contributed by atoms with Gasteiger partial charge in [0.2, 0.25) is 0 Å². The number of carbonyl (C=O) groups is 1. The summed E-state index contributed by atoms with van der Waals surface area (Å²) in [5.74, 6) is -0.436. The number of aliphatic hydroxyl groups excluding tert-OH is 1. The second-order valence-corrected chi connectivity index (χ2v) is 3.82. The molecule has 0 radical (unpaired) electrons. The average Bonchev–Trinajstić information content (AvgIpc) is 2.28. The monoisotopic (exact) mass is 238 g/mol. The SMILES string of the molecule is Cc1ccc(C(=O)NC(C)CO)cc1[N+](=O)[O-]. The molecule has 0 spiro atoms. The minimum atomic E-state index is -0.526. The van der Waals surface area contributed by atoms with Crippen molar-refractivity contribution in [2.75, 3.05) is 6.61 Å². The van der Waals surface area contributed by atoms with Gasteiger partial charge in [-0.05, 0) is 19.9 Å². The Morgan fingerprint density at radius 2 is 2.24 bits per heavy atom. The molecule has 0 aliphatic rings. The predicted octanol–water partition coefficient (Wildman–Crippen LogP) is 1.01. The fourth-order valence-electron chi connectivity index (χ4n) is 1.30. The highest BCUT2D eigenvalue weighted by Crippen LogP contribution is 2.19. The molecule has 6 heteroatoms. The zero-order valence-electron chi connectivity index (χ0n) is 9.64. The second kappa shape index (κ2) is 5.40. The van der Waals surface area contributed by atoms with Crippen molar-refractivity contribution in [1.82, 2.24) is 5.32 Å². The maximum Gasteiger partial charge on any atom is 0.273 e. The van der Waals surface area contributed by atoms with Crippen molar-refractivity contribution in [3.05, 3.63) is 39.4 Å².